The van der Waals surface area contributed by atoms with Gasteiger partial charge < -0.3 is 9.80 Å². The normalized spacial score (nSPS) is 14.7. The largest absolute Gasteiger partial charge is 0.337 e. The molecule has 1 saturated heterocycles. The summed E-state index contributed by atoms with van der Waals surface area (Å²) < 4.78 is 1.35. The summed E-state index contributed by atoms with van der Waals surface area (Å²) in [7, 11) is 0. The molecule has 0 spiro atoms. The average molecular weight is 328 g/mol. The molecule has 0 bridgehead atoms. The van der Waals surface area contributed by atoms with E-state index in [1.807, 2.05) is 6.92 Å². The predicted octanol–water partition coefficient (Wildman–Crippen LogP) is 0.406. The van der Waals surface area contributed by atoms with Crippen molar-refractivity contribution >= 4 is 11.9 Å². The molecule has 1 amide bonds. The first-order valence-corrected chi connectivity index (χ1v) is 8.08. The van der Waals surface area contributed by atoms with Crippen molar-refractivity contribution in [1.82, 2.24) is 24.6 Å². The third-order valence-corrected chi connectivity index (χ3v) is 3.92. The Morgan fingerprint density at radius 2 is 1.83 bits per heavy atom. The number of hydrogen-bond acceptors (Lipinski definition) is 6. The van der Waals surface area contributed by atoms with Gasteiger partial charge in [0, 0.05) is 51.2 Å². The van der Waals surface area contributed by atoms with Crippen LogP contribution in [0.15, 0.2) is 35.4 Å². The molecule has 8 heteroatoms. The van der Waals surface area contributed by atoms with Crippen LogP contribution in [-0.4, -0.2) is 56.7 Å². The van der Waals surface area contributed by atoms with Crippen LogP contribution >= 0.6 is 0 Å². The second-order valence-corrected chi connectivity index (χ2v) is 5.61. The monoisotopic (exact) mass is 328 g/mol. The zero-order valence-corrected chi connectivity index (χ0v) is 13.6. The molecule has 0 saturated carbocycles. The van der Waals surface area contributed by atoms with Crippen molar-refractivity contribution in [2.75, 3.05) is 31.1 Å². The molecular weight excluding hydrogens is 308 g/mol. The van der Waals surface area contributed by atoms with Crippen molar-refractivity contribution in [3.8, 4) is 0 Å². The summed E-state index contributed by atoms with van der Waals surface area (Å²) in [5, 5.41) is 4.19. The maximum Gasteiger partial charge on any atom is 0.274 e. The van der Waals surface area contributed by atoms with Gasteiger partial charge in [-0.25, -0.2) is 14.6 Å². The summed E-state index contributed by atoms with van der Waals surface area (Å²) >= 11 is 0. The van der Waals surface area contributed by atoms with Gasteiger partial charge in [0.15, 0.2) is 0 Å². The van der Waals surface area contributed by atoms with Gasteiger partial charge >= 0.3 is 0 Å². The molecule has 0 aromatic carbocycles. The van der Waals surface area contributed by atoms with Gasteiger partial charge in [-0.05, 0) is 18.6 Å². The molecule has 0 atom stereocenters. The molecule has 0 aliphatic carbocycles. The molecule has 1 aliphatic heterocycles. The molecule has 3 heterocycles. The number of aryl methyl sites for hydroxylation is 1. The second-order valence-electron chi connectivity index (χ2n) is 5.61. The molecule has 1 fully saturated rings. The van der Waals surface area contributed by atoms with E-state index in [1.165, 1.54) is 16.8 Å². The summed E-state index contributed by atoms with van der Waals surface area (Å²) in [5.41, 5.74) is 0.131. The van der Waals surface area contributed by atoms with Crippen LogP contribution in [0.5, 0.6) is 0 Å². The minimum Gasteiger partial charge on any atom is -0.337 e. The first-order chi connectivity index (χ1) is 11.7. The average Bonchev–Trinajstić information content (AvgIpc) is 2.64. The summed E-state index contributed by atoms with van der Waals surface area (Å²) in [5.74, 6) is 0.535. The second kappa shape index (κ2) is 7.20. The van der Waals surface area contributed by atoms with E-state index in [4.69, 9.17) is 0 Å². The van der Waals surface area contributed by atoms with Crippen LogP contribution in [0.1, 0.15) is 23.8 Å². The Morgan fingerprint density at radius 3 is 2.50 bits per heavy atom. The number of rotatable bonds is 4. The fourth-order valence-corrected chi connectivity index (χ4v) is 2.66. The Balaban J connectivity index is 1.67. The fraction of sp³-hybridized carbons (Fsp3) is 0.438. The lowest BCUT2D eigenvalue weighted by Crippen LogP contribution is -2.49. The Hall–Kier alpha value is -2.77. The third kappa shape index (κ3) is 3.42. The van der Waals surface area contributed by atoms with Crippen molar-refractivity contribution in [3.63, 3.8) is 0 Å². The van der Waals surface area contributed by atoms with E-state index in [0.717, 1.165) is 6.42 Å². The van der Waals surface area contributed by atoms with Crippen LogP contribution in [0.2, 0.25) is 0 Å². The molecule has 3 rings (SSSR count). The maximum atomic E-state index is 12.6. The van der Waals surface area contributed by atoms with Gasteiger partial charge in [0.2, 0.25) is 5.95 Å². The topological polar surface area (TPSA) is 84.2 Å². The number of hydrogen-bond donors (Lipinski definition) is 0. The molecule has 126 valence electrons. The molecule has 1 aliphatic rings. The van der Waals surface area contributed by atoms with Crippen molar-refractivity contribution in [3.05, 3.63) is 46.6 Å². The Labute approximate surface area is 139 Å². The number of aromatic nitrogens is 4. The standard InChI is InChI=1S/C16H20N6O2/c1-2-8-22-14(23)5-4-13(19-22)15(24)20-9-11-21(12-10-20)16-17-6-3-7-18-16/h3-7H,2,8-12H2,1H3. The molecule has 0 N–H and O–H groups in total. The van der Waals surface area contributed by atoms with E-state index in [-0.39, 0.29) is 11.5 Å². The Kier molecular flexibility index (Phi) is 4.83. The van der Waals surface area contributed by atoms with E-state index in [1.54, 1.807) is 23.4 Å². The van der Waals surface area contributed by atoms with E-state index in [9.17, 15) is 9.59 Å². The van der Waals surface area contributed by atoms with Crippen molar-refractivity contribution in [2.45, 2.75) is 19.9 Å². The number of carbonyl (C=O) groups excluding carboxylic acids is 1. The van der Waals surface area contributed by atoms with Gasteiger partial charge in [-0.1, -0.05) is 6.92 Å². The van der Waals surface area contributed by atoms with Gasteiger partial charge in [-0.2, -0.15) is 5.10 Å². The Morgan fingerprint density at radius 1 is 1.12 bits per heavy atom. The van der Waals surface area contributed by atoms with Crippen LogP contribution in [0, 0.1) is 0 Å². The number of anilines is 1. The van der Waals surface area contributed by atoms with Gasteiger partial charge in [0.25, 0.3) is 11.5 Å². The molecule has 0 unspecified atom stereocenters. The number of nitrogens with zero attached hydrogens (tertiary/aromatic N) is 6. The van der Waals surface area contributed by atoms with E-state index in [2.05, 4.69) is 20.0 Å². The van der Waals surface area contributed by atoms with Gasteiger partial charge in [0.05, 0.1) is 0 Å². The maximum absolute atomic E-state index is 12.6. The van der Waals surface area contributed by atoms with Crippen LogP contribution in [0.3, 0.4) is 0 Å². The van der Waals surface area contributed by atoms with Crippen molar-refractivity contribution in [2.24, 2.45) is 0 Å². The molecule has 24 heavy (non-hydrogen) atoms. The highest BCUT2D eigenvalue weighted by Crippen LogP contribution is 2.11. The summed E-state index contributed by atoms with van der Waals surface area (Å²) in [6.07, 6.45) is 4.21. The summed E-state index contributed by atoms with van der Waals surface area (Å²) in [4.78, 5) is 36.6. The Bertz CT molecular complexity index is 753. The van der Waals surface area contributed by atoms with Gasteiger partial charge in [-0.3, -0.25) is 9.59 Å². The highest BCUT2D eigenvalue weighted by atomic mass is 16.2. The first-order valence-electron chi connectivity index (χ1n) is 8.08. The highest BCUT2D eigenvalue weighted by molar-refractivity contribution is 5.92. The highest BCUT2D eigenvalue weighted by Gasteiger charge is 2.24. The van der Waals surface area contributed by atoms with E-state index in [0.29, 0.717) is 44.4 Å². The lowest BCUT2D eigenvalue weighted by molar-refractivity contribution is 0.0737. The smallest absolute Gasteiger partial charge is 0.274 e. The van der Waals surface area contributed by atoms with E-state index < -0.39 is 0 Å². The SMILES string of the molecule is CCCn1nc(C(=O)N2CCN(c3ncccn3)CC2)ccc1=O. The zero-order chi connectivity index (χ0) is 16.9. The first kappa shape index (κ1) is 16.1. The van der Waals surface area contributed by atoms with Crippen molar-refractivity contribution in [1.29, 1.82) is 0 Å². The zero-order valence-electron chi connectivity index (χ0n) is 13.6. The lowest BCUT2D eigenvalue weighted by atomic mass is 10.2. The number of piperazine rings is 1. The van der Waals surface area contributed by atoms with Crippen LogP contribution < -0.4 is 10.5 Å². The van der Waals surface area contributed by atoms with Crippen LogP contribution in [-0.2, 0) is 6.54 Å². The van der Waals surface area contributed by atoms with Gasteiger partial charge in [0.1, 0.15) is 5.69 Å². The van der Waals surface area contributed by atoms with Crippen LogP contribution in [0.4, 0.5) is 5.95 Å². The molecule has 8 nitrogen and oxygen atoms in total. The molecule has 2 aromatic rings. The summed E-state index contributed by atoms with van der Waals surface area (Å²) in [6, 6.07) is 4.69. The van der Waals surface area contributed by atoms with Crippen molar-refractivity contribution < 1.29 is 4.79 Å². The quantitative estimate of drug-likeness (QED) is 0.808. The number of carbonyl (C=O) groups is 1. The minimum absolute atomic E-state index is 0.145. The third-order valence-electron chi connectivity index (χ3n) is 3.92. The van der Waals surface area contributed by atoms with E-state index >= 15 is 0 Å². The van der Waals surface area contributed by atoms with Crippen LogP contribution in [0.25, 0.3) is 0 Å². The molecule has 0 radical (unpaired) electrons. The minimum atomic E-state index is -0.181. The number of amides is 1. The molecular formula is C16H20N6O2. The summed E-state index contributed by atoms with van der Waals surface area (Å²) in [6.45, 7) is 4.97. The fourth-order valence-electron chi connectivity index (χ4n) is 2.66. The molecule has 2 aromatic heterocycles. The lowest BCUT2D eigenvalue weighted by Gasteiger charge is -2.34. The predicted molar refractivity (Wildman–Crippen MR) is 88.9 cm³/mol. The van der Waals surface area contributed by atoms with Gasteiger partial charge in [-0.15, -0.1) is 0 Å².